The first kappa shape index (κ1) is 9.27. The fourth-order valence-corrected chi connectivity index (χ4v) is 1.55. The second-order valence-corrected chi connectivity index (χ2v) is 3.89. The predicted octanol–water partition coefficient (Wildman–Crippen LogP) is 2.99. The zero-order valence-corrected chi connectivity index (χ0v) is 9.21. The molecule has 0 aliphatic carbocycles. The van der Waals surface area contributed by atoms with Crippen molar-refractivity contribution in [1.82, 2.24) is 4.98 Å². The number of benzene rings is 1. The molecule has 0 bridgehead atoms. The molecule has 2 aromatic rings. The summed E-state index contributed by atoms with van der Waals surface area (Å²) in [5, 5.41) is 0. The van der Waals surface area contributed by atoms with E-state index in [1.54, 1.807) is 6.26 Å². The van der Waals surface area contributed by atoms with E-state index in [4.69, 9.17) is 10.2 Å². The molecule has 2 N–H and O–H groups in total. The monoisotopic (exact) mass is 252 g/mol. The zero-order valence-electron chi connectivity index (χ0n) is 7.62. The quantitative estimate of drug-likeness (QED) is 0.849. The Labute approximate surface area is 90.1 Å². The summed E-state index contributed by atoms with van der Waals surface area (Å²) < 4.78 is 5.99. The minimum atomic E-state index is 0.191. The molecule has 0 aliphatic heterocycles. The highest BCUT2D eigenvalue weighted by Crippen LogP contribution is 2.25. The van der Waals surface area contributed by atoms with Crippen LogP contribution in [0.2, 0.25) is 0 Å². The van der Waals surface area contributed by atoms with Crippen molar-refractivity contribution < 1.29 is 4.42 Å². The van der Waals surface area contributed by atoms with Crippen LogP contribution < -0.4 is 5.73 Å². The first-order valence-electron chi connectivity index (χ1n) is 4.14. The molecule has 2 rings (SSSR count). The van der Waals surface area contributed by atoms with Gasteiger partial charge in [0.25, 0.3) is 6.01 Å². The first-order valence-corrected chi connectivity index (χ1v) is 4.93. The largest absolute Gasteiger partial charge is 0.432 e. The van der Waals surface area contributed by atoms with Crippen LogP contribution in [0.3, 0.4) is 0 Å². The summed E-state index contributed by atoms with van der Waals surface area (Å²) in [4.78, 5) is 4.04. The number of anilines is 1. The Bertz CT molecular complexity index is 465. The fraction of sp³-hybridized carbons (Fsp3) is 0.100. The molecule has 0 radical (unpaired) electrons. The summed E-state index contributed by atoms with van der Waals surface area (Å²) >= 11 is 3.46. The SMILES string of the molecule is Cc1ccc(-c2coc(N)n2)cc1Br. The highest BCUT2D eigenvalue weighted by molar-refractivity contribution is 9.10. The van der Waals surface area contributed by atoms with Gasteiger partial charge in [-0.05, 0) is 18.6 Å². The van der Waals surface area contributed by atoms with Crippen LogP contribution in [0.25, 0.3) is 11.3 Å². The summed E-state index contributed by atoms with van der Waals surface area (Å²) in [5.74, 6) is 0. The van der Waals surface area contributed by atoms with E-state index in [1.165, 1.54) is 5.56 Å². The minimum absolute atomic E-state index is 0.191. The van der Waals surface area contributed by atoms with E-state index >= 15 is 0 Å². The van der Waals surface area contributed by atoms with Gasteiger partial charge in [-0.25, -0.2) is 0 Å². The van der Waals surface area contributed by atoms with E-state index in [0.717, 1.165) is 15.7 Å². The van der Waals surface area contributed by atoms with Gasteiger partial charge in [-0.2, -0.15) is 4.98 Å². The lowest BCUT2D eigenvalue weighted by atomic mass is 10.1. The Morgan fingerprint density at radius 2 is 2.21 bits per heavy atom. The van der Waals surface area contributed by atoms with Crippen LogP contribution in [0.15, 0.2) is 33.4 Å². The normalized spacial score (nSPS) is 10.4. The molecule has 14 heavy (non-hydrogen) atoms. The second kappa shape index (κ2) is 3.46. The average Bonchev–Trinajstić information content (AvgIpc) is 2.57. The third kappa shape index (κ3) is 1.65. The Hall–Kier alpha value is -1.29. The van der Waals surface area contributed by atoms with Crippen molar-refractivity contribution in [1.29, 1.82) is 0 Å². The van der Waals surface area contributed by atoms with Crippen molar-refractivity contribution in [3.8, 4) is 11.3 Å². The van der Waals surface area contributed by atoms with E-state index in [9.17, 15) is 0 Å². The van der Waals surface area contributed by atoms with Gasteiger partial charge in [0.15, 0.2) is 0 Å². The van der Waals surface area contributed by atoms with Gasteiger partial charge in [0.05, 0.1) is 0 Å². The van der Waals surface area contributed by atoms with E-state index in [1.807, 2.05) is 25.1 Å². The molecule has 3 nitrogen and oxygen atoms in total. The lowest BCUT2D eigenvalue weighted by Gasteiger charge is -1.99. The van der Waals surface area contributed by atoms with Gasteiger partial charge in [0.2, 0.25) is 0 Å². The van der Waals surface area contributed by atoms with Gasteiger partial charge in [-0.1, -0.05) is 28.1 Å². The maximum atomic E-state index is 5.39. The van der Waals surface area contributed by atoms with Crippen molar-refractivity contribution in [2.75, 3.05) is 5.73 Å². The highest BCUT2D eigenvalue weighted by atomic mass is 79.9. The van der Waals surface area contributed by atoms with Gasteiger partial charge < -0.3 is 10.2 Å². The van der Waals surface area contributed by atoms with Crippen molar-refractivity contribution in [2.24, 2.45) is 0 Å². The molecule has 1 aromatic heterocycles. The maximum absolute atomic E-state index is 5.39. The van der Waals surface area contributed by atoms with E-state index < -0.39 is 0 Å². The molecule has 1 heterocycles. The van der Waals surface area contributed by atoms with E-state index in [0.29, 0.717) is 0 Å². The number of oxazole rings is 1. The predicted molar refractivity (Wildman–Crippen MR) is 58.8 cm³/mol. The van der Waals surface area contributed by atoms with Crippen LogP contribution in [-0.4, -0.2) is 4.98 Å². The van der Waals surface area contributed by atoms with Crippen LogP contribution in [-0.2, 0) is 0 Å². The molecule has 1 aromatic carbocycles. The van der Waals surface area contributed by atoms with Gasteiger partial charge >= 0.3 is 0 Å². The molecule has 72 valence electrons. The summed E-state index contributed by atoms with van der Waals surface area (Å²) in [6.07, 6.45) is 1.55. The Morgan fingerprint density at radius 1 is 1.43 bits per heavy atom. The van der Waals surface area contributed by atoms with Gasteiger partial charge in [-0.15, -0.1) is 0 Å². The number of nitrogens with two attached hydrogens (primary N) is 1. The second-order valence-electron chi connectivity index (χ2n) is 3.03. The minimum Gasteiger partial charge on any atom is -0.432 e. The number of rotatable bonds is 1. The fourth-order valence-electron chi connectivity index (χ4n) is 1.17. The van der Waals surface area contributed by atoms with Crippen LogP contribution in [0.5, 0.6) is 0 Å². The molecule has 0 aliphatic rings. The summed E-state index contributed by atoms with van der Waals surface area (Å²) in [7, 11) is 0. The number of hydrogen-bond donors (Lipinski definition) is 1. The molecule has 0 saturated heterocycles. The van der Waals surface area contributed by atoms with Gasteiger partial charge in [0, 0.05) is 10.0 Å². The Balaban J connectivity index is 2.47. The van der Waals surface area contributed by atoms with Gasteiger partial charge in [-0.3, -0.25) is 0 Å². The van der Waals surface area contributed by atoms with Crippen molar-refractivity contribution in [3.63, 3.8) is 0 Å². The zero-order chi connectivity index (χ0) is 10.1. The molecule has 0 unspecified atom stereocenters. The molecule has 4 heteroatoms. The molecule has 0 saturated carbocycles. The van der Waals surface area contributed by atoms with Crippen molar-refractivity contribution >= 4 is 21.9 Å². The Morgan fingerprint density at radius 3 is 2.79 bits per heavy atom. The first-order chi connectivity index (χ1) is 6.66. The lowest BCUT2D eigenvalue weighted by Crippen LogP contribution is -1.84. The highest BCUT2D eigenvalue weighted by Gasteiger charge is 2.04. The number of aryl methyl sites for hydroxylation is 1. The van der Waals surface area contributed by atoms with Crippen LogP contribution in [0.1, 0.15) is 5.56 Å². The molecule has 0 atom stereocenters. The van der Waals surface area contributed by atoms with Crippen molar-refractivity contribution in [2.45, 2.75) is 6.92 Å². The van der Waals surface area contributed by atoms with Crippen LogP contribution >= 0.6 is 15.9 Å². The number of nitrogens with zero attached hydrogens (tertiary/aromatic N) is 1. The number of aromatic nitrogens is 1. The van der Waals surface area contributed by atoms with E-state index in [-0.39, 0.29) is 6.01 Å². The number of halogens is 1. The number of hydrogen-bond acceptors (Lipinski definition) is 3. The van der Waals surface area contributed by atoms with Crippen LogP contribution in [0.4, 0.5) is 6.01 Å². The average molecular weight is 253 g/mol. The smallest absolute Gasteiger partial charge is 0.292 e. The summed E-state index contributed by atoms with van der Waals surface area (Å²) in [6, 6.07) is 6.19. The lowest BCUT2D eigenvalue weighted by molar-refractivity contribution is 0.581. The standard InChI is InChI=1S/C10H9BrN2O/c1-6-2-3-7(4-8(6)11)9-5-14-10(12)13-9/h2-5H,1H3,(H2,12,13). The Kier molecular flexibility index (Phi) is 2.29. The third-order valence-corrected chi connectivity index (χ3v) is 2.84. The number of nitrogen functional groups attached to an aromatic ring is 1. The molecule has 0 spiro atoms. The molecular formula is C10H9BrN2O. The molecular weight excluding hydrogens is 244 g/mol. The summed E-state index contributed by atoms with van der Waals surface area (Å²) in [5.41, 5.74) is 8.32. The molecule has 0 fully saturated rings. The maximum Gasteiger partial charge on any atom is 0.292 e. The molecule has 0 amide bonds. The van der Waals surface area contributed by atoms with E-state index in [2.05, 4.69) is 20.9 Å². The van der Waals surface area contributed by atoms with Gasteiger partial charge in [0.1, 0.15) is 12.0 Å². The third-order valence-electron chi connectivity index (χ3n) is 1.99. The summed E-state index contributed by atoms with van der Waals surface area (Å²) in [6.45, 7) is 2.03. The van der Waals surface area contributed by atoms with Crippen LogP contribution in [0, 0.1) is 6.92 Å². The topological polar surface area (TPSA) is 52.0 Å². The van der Waals surface area contributed by atoms with Crippen molar-refractivity contribution in [3.05, 3.63) is 34.5 Å².